The van der Waals surface area contributed by atoms with Crippen molar-refractivity contribution >= 4 is 12.1 Å². The predicted molar refractivity (Wildman–Crippen MR) is 179 cm³/mol. The SMILES string of the molecule is CN(CCOCCOCCOCCOCCOCCOCCC(=O)Oc1c(F)c(F)c(F)c(F)c1F)C(=O)OCC1c2ccccc2-c2ccccc21. The maximum Gasteiger partial charge on any atom is 0.409 e. The third-order valence-electron chi connectivity index (χ3n) is 7.91. The molecule has 53 heavy (non-hydrogen) atoms. The van der Waals surface area contributed by atoms with Gasteiger partial charge in [-0.3, -0.25) is 4.79 Å². The lowest BCUT2D eigenvalue weighted by atomic mass is 9.98. The van der Waals surface area contributed by atoms with Gasteiger partial charge in [0.15, 0.2) is 0 Å². The highest BCUT2D eigenvalue weighted by Crippen LogP contribution is 2.44. The molecule has 0 unspecified atom stereocenters. The molecule has 0 spiro atoms. The molecular formula is C37H42F5NO10. The van der Waals surface area contributed by atoms with Crippen LogP contribution in [0.2, 0.25) is 0 Å². The van der Waals surface area contributed by atoms with Crippen molar-refractivity contribution in [1.29, 1.82) is 0 Å². The van der Waals surface area contributed by atoms with E-state index in [1.807, 2.05) is 24.3 Å². The Kier molecular flexibility index (Phi) is 17.4. The molecule has 0 fully saturated rings. The van der Waals surface area contributed by atoms with Gasteiger partial charge in [0.25, 0.3) is 0 Å². The fourth-order valence-electron chi connectivity index (χ4n) is 5.19. The van der Waals surface area contributed by atoms with Crippen molar-refractivity contribution in [2.75, 3.05) is 99.5 Å². The summed E-state index contributed by atoms with van der Waals surface area (Å²) in [6.45, 7) is 3.70. The molecule has 0 heterocycles. The van der Waals surface area contributed by atoms with Gasteiger partial charge in [0.05, 0.1) is 85.7 Å². The number of carbonyl (C=O) groups excluding carboxylic acids is 2. The van der Waals surface area contributed by atoms with Crippen LogP contribution >= 0.6 is 0 Å². The van der Waals surface area contributed by atoms with Gasteiger partial charge < -0.3 is 42.8 Å². The molecule has 3 aromatic carbocycles. The molecule has 0 atom stereocenters. The molecule has 0 aromatic heterocycles. The average Bonchev–Trinajstić information content (AvgIpc) is 3.49. The lowest BCUT2D eigenvalue weighted by molar-refractivity contribution is -0.136. The van der Waals surface area contributed by atoms with Crippen molar-refractivity contribution in [1.82, 2.24) is 4.90 Å². The Morgan fingerprint density at radius 1 is 0.566 bits per heavy atom. The number of amides is 1. The highest BCUT2D eigenvalue weighted by molar-refractivity contribution is 5.79. The lowest BCUT2D eigenvalue weighted by Crippen LogP contribution is -2.32. The van der Waals surface area contributed by atoms with Crippen LogP contribution in [0, 0.1) is 29.1 Å². The summed E-state index contributed by atoms with van der Waals surface area (Å²) in [7, 11) is 1.67. The fourth-order valence-corrected chi connectivity index (χ4v) is 5.19. The first-order chi connectivity index (χ1) is 25.7. The number of fused-ring (bicyclic) bond motifs is 3. The molecule has 290 valence electrons. The van der Waals surface area contributed by atoms with Crippen molar-refractivity contribution in [3.8, 4) is 16.9 Å². The molecule has 16 heteroatoms. The zero-order chi connectivity index (χ0) is 38.0. The van der Waals surface area contributed by atoms with Gasteiger partial charge in [-0.15, -0.1) is 0 Å². The molecule has 4 rings (SSSR count). The van der Waals surface area contributed by atoms with E-state index in [0.717, 1.165) is 11.1 Å². The molecule has 0 aliphatic heterocycles. The molecule has 1 aliphatic rings. The highest BCUT2D eigenvalue weighted by Gasteiger charge is 2.30. The summed E-state index contributed by atoms with van der Waals surface area (Å²) < 4.78 is 109. The summed E-state index contributed by atoms with van der Waals surface area (Å²) in [5.74, 6) is -14.2. The van der Waals surface area contributed by atoms with E-state index in [-0.39, 0.29) is 39.0 Å². The number of nitrogens with zero attached hydrogens (tertiary/aromatic N) is 1. The minimum atomic E-state index is -2.35. The monoisotopic (exact) mass is 755 g/mol. The number of likely N-dealkylation sites (N-methyl/N-ethyl adjacent to an activating group) is 1. The molecule has 0 N–H and O–H groups in total. The summed E-state index contributed by atoms with van der Waals surface area (Å²) in [5.41, 5.74) is 4.67. The lowest BCUT2D eigenvalue weighted by Gasteiger charge is -2.19. The minimum absolute atomic E-state index is 0.00324. The molecule has 0 saturated heterocycles. The van der Waals surface area contributed by atoms with Gasteiger partial charge in [-0.05, 0) is 22.3 Å². The summed E-state index contributed by atoms with van der Waals surface area (Å²) in [4.78, 5) is 25.7. The van der Waals surface area contributed by atoms with Gasteiger partial charge in [-0.25, -0.2) is 18.0 Å². The number of hydrogen-bond acceptors (Lipinski definition) is 10. The maximum atomic E-state index is 13.6. The van der Waals surface area contributed by atoms with Gasteiger partial charge in [0.2, 0.25) is 34.8 Å². The highest BCUT2D eigenvalue weighted by atomic mass is 19.2. The summed E-state index contributed by atoms with van der Waals surface area (Å²) in [5, 5.41) is 0. The van der Waals surface area contributed by atoms with Gasteiger partial charge in [-0.1, -0.05) is 48.5 Å². The number of rotatable bonds is 24. The number of hydrogen-bond donors (Lipinski definition) is 0. The molecule has 3 aromatic rings. The first-order valence-electron chi connectivity index (χ1n) is 16.9. The van der Waals surface area contributed by atoms with E-state index in [1.165, 1.54) is 16.0 Å². The molecule has 1 aliphatic carbocycles. The van der Waals surface area contributed by atoms with Crippen molar-refractivity contribution in [2.45, 2.75) is 12.3 Å². The van der Waals surface area contributed by atoms with Gasteiger partial charge >= 0.3 is 12.1 Å². The maximum absolute atomic E-state index is 13.6. The van der Waals surface area contributed by atoms with E-state index in [4.69, 9.17) is 33.2 Å². The number of halogens is 5. The number of ether oxygens (including phenoxy) is 8. The second kappa shape index (κ2) is 22.1. The van der Waals surface area contributed by atoms with Crippen LogP contribution in [-0.4, -0.2) is 116 Å². The molecule has 11 nitrogen and oxygen atoms in total. The Morgan fingerprint density at radius 2 is 0.962 bits per heavy atom. The van der Waals surface area contributed by atoms with E-state index in [1.54, 1.807) is 7.05 Å². The first kappa shape index (κ1) is 41.6. The smallest absolute Gasteiger partial charge is 0.409 e. The van der Waals surface area contributed by atoms with Crippen LogP contribution < -0.4 is 4.74 Å². The average molecular weight is 756 g/mol. The molecular weight excluding hydrogens is 713 g/mol. The molecule has 0 bridgehead atoms. The fraction of sp³-hybridized carbons (Fsp3) is 0.459. The number of esters is 1. The zero-order valence-corrected chi connectivity index (χ0v) is 29.2. The topological polar surface area (TPSA) is 111 Å². The molecule has 0 saturated carbocycles. The van der Waals surface area contributed by atoms with Crippen LogP contribution in [0.3, 0.4) is 0 Å². The quantitative estimate of drug-likeness (QED) is 0.0284. The van der Waals surface area contributed by atoms with E-state index >= 15 is 0 Å². The Morgan fingerprint density at radius 3 is 1.43 bits per heavy atom. The molecule has 0 radical (unpaired) electrons. The van der Waals surface area contributed by atoms with Crippen LogP contribution in [0.5, 0.6) is 5.75 Å². The van der Waals surface area contributed by atoms with E-state index in [0.29, 0.717) is 59.4 Å². The Labute approximate surface area is 303 Å². The zero-order valence-electron chi connectivity index (χ0n) is 29.2. The van der Waals surface area contributed by atoms with Crippen LogP contribution in [0.4, 0.5) is 26.7 Å². The van der Waals surface area contributed by atoms with E-state index in [2.05, 4.69) is 29.0 Å². The molecule has 1 amide bonds. The van der Waals surface area contributed by atoms with Crippen molar-refractivity contribution in [2.24, 2.45) is 0 Å². The normalized spacial score (nSPS) is 12.1. The number of carbonyl (C=O) groups is 2. The van der Waals surface area contributed by atoms with Crippen LogP contribution in [0.25, 0.3) is 11.1 Å². The summed E-state index contributed by atoms with van der Waals surface area (Å²) in [6, 6.07) is 16.4. The number of benzene rings is 3. The van der Waals surface area contributed by atoms with Gasteiger partial charge in [0.1, 0.15) is 6.61 Å². The van der Waals surface area contributed by atoms with Crippen LogP contribution in [0.1, 0.15) is 23.5 Å². The first-order valence-corrected chi connectivity index (χ1v) is 16.9. The van der Waals surface area contributed by atoms with E-state index in [9.17, 15) is 31.5 Å². The largest absolute Gasteiger partial charge is 0.448 e. The second-order valence-corrected chi connectivity index (χ2v) is 11.5. The Balaban J connectivity index is 0.891. The Bertz CT molecular complexity index is 1560. The van der Waals surface area contributed by atoms with Crippen molar-refractivity contribution in [3.63, 3.8) is 0 Å². The van der Waals surface area contributed by atoms with Crippen molar-refractivity contribution < 1.29 is 69.4 Å². The van der Waals surface area contributed by atoms with Crippen LogP contribution in [-0.2, 0) is 38.0 Å². The van der Waals surface area contributed by atoms with Gasteiger partial charge in [-0.2, -0.15) is 8.78 Å². The second-order valence-electron chi connectivity index (χ2n) is 11.5. The van der Waals surface area contributed by atoms with E-state index < -0.39 is 53.3 Å². The van der Waals surface area contributed by atoms with Crippen molar-refractivity contribution in [3.05, 3.63) is 88.7 Å². The predicted octanol–water partition coefficient (Wildman–Crippen LogP) is 5.66. The minimum Gasteiger partial charge on any atom is -0.448 e. The summed E-state index contributed by atoms with van der Waals surface area (Å²) >= 11 is 0. The summed E-state index contributed by atoms with van der Waals surface area (Å²) in [6.07, 6.45) is -0.900. The van der Waals surface area contributed by atoms with Crippen LogP contribution in [0.15, 0.2) is 48.5 Å². The standard InChI is InChI=1S/C37H42F5NO10/c1-43(37(45)52-24-29-27-8-4-2-6-25(27)26-7-3-5-9-28(26)29)11-13-47-15-17-49-19-21-51-23-22-50-20-18-48-16-14-46-12-10-30(44)53-36-34(41)32(39)31(38)33(40)35(36)42/h2-9,29H,10-24H2,1H3. The third-order valence-corrected chi connectivity index (χ3v) is 7.91. The third kappa shape index (κ3) is 12.4. The van der Waals surface area contributed by atoms with Gasteiger partial charge in [0, 0.05) is 19.5 Å². The Hall–Kier alpha value is -4.19.